The van der Waals surface area contributed by atoms with Crippen molar-refractivity contribution in [1.82, 2.24) is 5.32 Å². The highest BCUT2D eigenvalue weighted by atomic mass is 32.1. The van der Waals surface area contributed by atoms with E-state index in [1.807, 2.05) is 24.4 Å². The monoisotopic (exact) mass is 243 g/mol. The van der Waals surface area contributed by atoms with Gasteiger partial charge in [-0.3, -0.25) is 4.79 Å². The molecule has 2 atom stereocenters. The molecule has 4 nitrogen and oxygen atoms in total. The lowest BCUT2D eigenvalue weighted by molar-refractivity contribution is -0.138. The van der Waals surface area contributed by atoms with Crippen LogP contribution < -0.4 is 5.32 Å². The number of rotatable bonds is 7. The number of carboxylic acids is 1. The molecule has 1 heterocycles. The van der Waals surface area contributed by atoms with Crippen molar-refractivity contribution in [1.29, 1.82) is 0 Å². The van der Waals surface area contributed by atoms with Crippen LogP contribution in [0.3, 0.4) is 0 Å². The van der Waals surface area contributed by atoms with Gasteiger partial charge in [-0.1, -0.05) is 13.0 Å². The van der Waals surface area contributed by atoms with Crippen LogP contribution in [0, 0.1) is 0 Å². The molecule has 0 radical (unpaired) electrons. The molecular formula is C11H17NO3S. The molecule has 0 bridgehead atoms. The standard InChI is InChI=1S/C11H17NO3S/c1-2-5-12-8(7-10(13)14)11(15)9-4-3-6-16-9/h3-4,6,8,11-12,15H,2,5,7H2,1H3,(H,13,14). The highest BCUT2D eigenvalue weighted by molar-refractivity contribution is 7.10. The van der Waals surface area contributed by atoms with Crippen molar-refractivity contribution in [2.45, 2.75) is 31.9 Å². The van der Waals surface area contributed by atoms with E-state index in [4.69, 9.17) is 5.11 Å². The van der Waals surface area contributed by atoms with Gasteiger partial charge in [0.2, 0.25) is 0 Å². The third kappa shape index (κ3) is 3.92. The smallest absolute Gasteiger partial charge is 0.305 e. The molecule has 1 aromatic heterocycles. The summed E-state index contributed by atoms with van der Waals surface area (Å²) in [5.74, 6) is -0.899. The van der Waals surface area contributed by atoms with Crippen LogP contribution in [-0.2, 0) is 4.79 Å². The molecule has 5 heteroatoms. The van der Waals surface area contributed by atoms with E-state index in [0.29, 0.717) is 6.54 Å². The molecule has 1 rings (SSSR count). The summed E-state index contributed by atoms with van der Waals surface area (Å²) in [5, 5.41) is 23.7. The molecule has 2 unspecified atom stereocenters. The predicted octanol–water partition coefficient (Wildman–Crippen LogP) is 1.62. The van der Waals surface area contributed by atoms with Crippen LogP contribution in [0.15, 0.2) is 17.5 Å². The van der Waals surface area contributed by atoms with Gasteiger partial charge < -0.3 is 15.5 Å². The highest BCUT2D eigenvalue weighted by Crippen LogP contribution is 2.23. The van der Waals surface area contributed by atoms with Gasteiger partial charge in [0.25, 0.3) is 0 Å². The topological polar surface area (TPSA) is 69.6 Å². The van der Waals surface area contributed by atoms with Crippen LogP contribution in [-0.4, -0.2) is 28.8 Å². The molecule has 0 spiro atoms. The van der Waals surface area contributed by atoms with Crippen molar-refractivity contribution >= 4 is 17.3 Å². The third-order valence-corrected chi connectivity index (χ3v) is 3.21. The SMILES string of the molecule is CCCNC(CC(=O)O)C(O)c1cccs1. The normalized spacial score (nSPS) is 14.6. The summed E-state index contributed by atoms with van der Waals surface area (Å²) < 4.78 is 0. The first-order valence-corrected chi connectivity index (χ1v) is 6.19. The van der Waals surface area contributed by atoms with E-state index in [9.17, 15) is 9.90 Å². The first-order chi connectivity index (χ1) is 7.65. The van der Waals surface area contributed by atoms with Crippen molar-refractivity contribution < 1.29 is 15.0 Å². The Morgan fingerprint density at radius 3 is 2.88 bits per heavy atom. The average Bonchev–Trinajstić information content (AvgIpc) is 2.76. The molecule has 0 fully saturated rings. The molecule has 0 aliphatic heterocycles. The summed E-state index contributed by atoms with van der Waals surface area (Å²) in [6.07, 6.45) is 0.0921. The van der Waals surface area contributed by atoms with Crippen LogP contribution in [0.25, 0.3) is 0 Å². The third-order valence-electron chi connectivity index (χ3n) is 2.27. The van der Waals surface area contributed by atoms with Crippen LogP contribution in [0.2, 0.25) is 0 Å². The number of nitrogens with one attached hydrogen (secondary N) is 1. The van der Waals surface area contributed by atoms with E-state index < -0.39 is 18.1 Å². The second-order valence-corrected chi connectivity index (χ2v) is 4.60. The van der Waals surface area contributed by atoms with E-state index in [0.717, 1.165) is 11.3 Å². The fourth-order valence-electron chi connectivity index (χ4n) is 1.47. The van der Waals surface area contributed by atoms with Crippen molar-refractivity contribution in [3.05, 3.63) is 22.4 Å². The van der Waals surface area contributed by atoms with Crippen LogP contribution in [0.1, 0.15) is 30.7 Å². The minimum atomic E-state index is -0.899. The summed E-state index contributed by atoms with van der Waals surface area (Å²) in [7, 11) is 0. The van der Waals surface area contributed by atoms with Crippen LogP contribution in [0.5, 0.6) is 0 Å². The number of aliphatic hydroxyl groups is 1. The van der Waals surface area contributed by atoms with Gasteiger partial charge in [-0.15, -0.1) is 11.3 Å². The molecule has 0 aromatic carbocycles. The van der Waals surface area contributed by atoms with Gasteiger partial charge in [0.15, 0.2) is 0 Å². The second kappa shape index (κ2) is 6.62. The van der Waals surface area contributed by atoms with Crippen molar-refractivity contribution in [2.24, 2.45) is 0 Å². The summed E-state index contributed by atoms with van der Waals surface area (Å²) in [5.41, 5.74) is 0. The molecule has 3 N–H and O–H groups in total. The zero-order valence-corrected chi connectivity index (χ0v) is 10.0. The number of carbonyl (C=O) groups is 1. The Kier molecular flexibility index (Phi) is 5.45. The summed E-state index contributed by atoms with van der Waals surface area (Å²) >= 11 is 1.44. The first kappa shape index (κ1) is 13.2. The van der Waals surface area contributed by atoms with Crippen molar-refractivity contribution in [3.63, 3.8) is 0 Å². The van der Waals surface area contributed by atoms with Gasteiger partial charge in [-0.2, -0.15) is 0 Å². The van der Waals surface area contributed by atoms with Gasteiger partial charge >= 0.3 is 5.97 Å². The quantitative estimate of drug-likeness (QED) is 0.680. The molecule has 0 saturated carbocycles. The van der Waals surface area contributed by atoms with E-state index in [1.165, 1.54) is 11.3 Å². The summed E-state index contributed by atoms with van der Waals surface area (Å²) in [6, 6.07) is 3.25. The Balaban J connectivity index is 2.63. The summed E-state index contributed by atoms with van der Waals surface area (Å²) in [4.78, 5) is 11.5. The lowest BCUT2D eigenvalue weighted by Gasteiger charge is -2.21. The number of aliphatic hydroxyl groups excluding tert-OH is 1. The fraction of sp³-hybridized carbons (Fsp3) is 0.545. The first-order valence-electron chi connectivity index (χ1n) is 5.31. The maximum absolute atomic E-state index is 10.7. The van der Waals surface area contributed by atoms with E-state index in [1.54, 1.807) is 0 Å². The molecule has 0 amide bonds. The second-order valence-electron chi connectivity index (χ2n) is 3.62. The van der Waals surface area contributed by atoms with Crippen LogP contribution >= 0.6 is 11.3 Å². The molecule has 1 aromatic rings. The van der Waals surface area contributed by atoms with E-state index in [2.05, 4.69) is 5.32 Å². The largest absolute Gasteiger partial charge is 0.481 e. The van der Waals surface area contributed by atoms with Gasteiger partial charge in [-0.25, -0.2) is 0 Å². The Morgan fingerprint density at radius 2 is 2.38 bits per heavy atom. The lowest BCUT2D eigenvalue weighted by Crippen LogP contribution is -2.37. The maximum atomic E-state index is 10.7. The number of hydrogen-bond acceptors (Lipinski definition) is 4. The van der Waals surface area contributed by atoms with Crippen molar-refractivity contribution in [3.8, 4) is 0 Å². The zero-order chi connectivity index (χ0) is 12.0. The van der Waals surface area contributed by atoms with Crippen molar-refractivity contribution in [2.75, 3.05) is 6.54 Å². The maximum Gasteiger partial charge on any atom is 0.305 e. The Bertz CT molecular complexity index is 313. The van der Waals surface area contributed by atoms with Crippen LogP contribution in [0.4, 0.5) is 0 Å². The molecular weight excluding hydrogens is 226 g/mol. The molecule has 90 valence electrons. The minimum absolute atomic E-state index is 0.0704. The molecule has 16 heavy (non-hydrogen) atoms. The van der Waals surface area contributed by atoms with Gasteiger partial charge in [0.05, 0.1) is 6.42 Å². The Morgan fingerprint density at radius 1 is 1.62 bits per heavy atom. The number of carboxylic acid groups (broad SMARTS) is 1. The molecule has 0 aliphatic carbocycles. The fourth-order valence-corrected chi connectivity index (χ4v) is 2.25. The Hall–Kier alpha value is -0.910. The van der Waals surface area contributed by atoms with E-state index in [-0.39, 0.29) is 6.42 Å². The zero-order valence-electron chi connectivity index (χ0n) is 9.22. The summed E-state index contributed by atoms with van der Waals surface area (Å²) in [6.45, 7) is 2.71. The van der Waals surface area contributed by atoms with E-state index >= 15 is 0 Å². The Labute approximate surface area is 98.9 Å². The number of hydrogen-bond donors (Lipinski definition) is 3. The predicted molar refractivity (Wildman–Crippen MR) is 63.6 cm³/mol. The molecule has 0 saturated heterocycles. The number of aliphatic carboxylic acids is 1. The minimum Gasteiger partial charge on any atom is -0.481 e. The number of thiophene rings is 1. The average molecular weight is 243 g/mol. The van der Waals surface area contributed by atoms with Gasteiger partial charge in [0.1, 0.15) is 6.10 Å². The highest BCUT2D eigenvalue weighted by Gasteiger charge is 2.23. The van der Waals surface area contributed by atoms with Gasteiger partial charge in [0, 0.05) is 10.9 Å². The molecule has 0 aliphatic rings. The van der Waals surface area contributed by atoms with Gasteiger partial charge in [-0.05, 0) is 24.4 Å². The lowest BCUT2D eigenvalue weighted by atomic mass is 10.1.